The molecule has 2 amide bonds. The maximum absolute atomic E-state index is 12.2. The Morgan fingerprint density at radius 1 is 1.21 bits per heavy atom. The van der Waals surface area contributed by atoms with Crippen molar-refractivity contribution in [1.29, 1.82) is 0 Å². The number of nitrogens with one attached hydrogen (secondary N) is 2. The topological polar surface area (TPSA) is 64.3 Å². The number of aromatic nitrogens is 2. The molecule has 3 rings (SSSR count). The number of imidazole rings is 1. The van der Waals surface area contributed by atoms with Gasteiger partial charge < -0.3 is 20.1 Å². The van der Waals surface area contributed by atoms with Gasteiger partial charge in [0.1, 0.15) is 6.54 Å². The van der Waals surface area contributed by atoms with Crippen LogP contribution in [-0.4, -0.2) is 59.8 Å². The number of carbonyl (C=O) groups excluding carboxylic acids is 1. The average molecular weight is 341 g/mol. The largest absolute Gasteiger partial charge is 0.405 e. The number of nitrogens with zero attached hydrogens (tertiary/aromatic N) is 3. The third kappa shape index (κ3) is 3.90. The molecule has 6 nitrogen and oxygen atoms in total. The SMILES string of the molecule is O=C(NCC(F)(F)F)N1CCCN(c2nc3ccccc3[nH]2)CC1. The summed E-state index contributed by atoms with van der Waals surface area (Å²) in [6.07, 6.45) is -3.74. The number of halogens is 3. The Hall–Kier alpha value is -2.45. The van der Waals surface area contributed by atoms with Gasteiger partial charge in [-0.25, -0.2) is 9.78 Å². The van der Waals surface area contributed by atoms with Crippen molar-refractivity contribution in [1.82, 2.24) is 20.2 Å². The van der Waals surface area contributed by atoms with Gasteiger partial charge in [0.2, 0.25) is 5.95 Å². The van der Waals surface area contributed by atoms with Crippen LogP contribution < -0.4 is 10.2 Å². The minimum absolute atomic E-state index is 0.348. The van der Waals surface area contributed by atoms with Gasteiger partial charge in [-0.05, 0) is 18.6 Å². The van der Waals surface area contributed by atoms with Crippen LogP contribution in [0.1, 0.15) is 6.42 Å². The van der Waals surface area contributed by atoms with E-state index in [9.17, 15) is 18.0 Å². The zero-order chi connectivity index (χ0) is 17.2. The Bertz CT molecular complexity index is 681. The molecule has 1 aromatic heterocycles. The van der Waals surface area contributed by atoms with Gasteiger partial charge in [-0.2, -0.15) is 13.2 Å². The summed E-state index contributed by atoms with van der Waals surface area (Å²) < 4.78 is 36.6. The number of carbonyl (C=O) groups is 1. The molecule has 0 saturated carbocycles. The summed E-state index contributed by atoms with van der Waals surface area (Å²) in [5.74, 6) is 0.716. The highest BCUT2D eigenvalue weighted by molar-refractivity contribution is 5.77. The van der Waals surface area contributed by atoms with Gasteiger partial charge >= 0.3 is 12.2 Å². The highest BCUT2D eigenvalue weighted by Crippen LogP contribution is 2.18. The first-order valence-corrected chi connectivity index (χ1v) is 7.71. The summed E-state index contributed by atoms with van der Waals surface area (Å²) in [4.78, 5) is 23.0. The van der Waals surface area contributed by atoms with Crippen LogP contribution >= 0.6 is 0 Å². The molecule has 0 aliphatic carbocycles. The van der Waals surface area contributed by atoms with E-state index in [2.05, 4.69) is 9.97 Å². The summed E-state index contributed by atoms with van der Waals surface area (Å²) in [7, 11) is 0. The summed E-state index contributed by atoms with van der Waals surface area (Å²) >= 11 is 0. The minimum atomic E-state index is -4.40. The zero-order valence-corrected chi connectivity index (χ0v) is 12.9. The third-order valence-electron chi connectivity index (χ3n) is 3.90. The smallest absolute Gasteiger partial charge is 0.341 e. The Morgan fingerprint density at radius 2 is 2.00 bits per heavy atom. The number of rotatable bonds is 2. The molecule has 2 N–H and O–H groups in total. The van der Waals surface area contributed by atoms with Crippen molar-refractivity contribution in [2.24, 2.45) is 0 Å². The number of anilines is 1. The Labute approximate surface area is 136 Å². The molecule has 1 saturated heterocycles. The molecule has 1 fully saturated rings. The van der Waals surface area contributed by atoms with Crippen LogP contribution in [0.5, 0.6) is 0 Å². The molecule has 1 aromatic carbocycles. The number of amides is 2. The molecule has 1 aliphatic heterocycles. The van der Waals surface area contributed by atoms with E-state index in [4.69, 9.17) is 0 Å². The molecule has 0 bridgehead atoms. The predicted octanol–water partition coefficient (Wildman–Crippen LogP) is 2.35. The van der Waals surface area contributed by atoms with Crippen molar-refractivity contribution in [3.8, 4) is 0 Å². The molecule has 0 unspecified atom stereocenters. The lowest BCUT2D eigenvalue weighted by Crippen LogP contribution is -2.45. The van der Waals surface area contributed by atoms with Gasteiger partial charge in [0.25, 0.3) is 0 Å². The summed E-state index contributed by atoms with van der Waals surface area (Å²) in [6, 6.07) is 6.98. The molecular weight excluding hydrogens is 323 g/mol. The van der Waals surface area contributed by atoms with Crippen LogP contribution in [0.2, 0.25) is 0 Å². The molecule has 1 aliphatic rings. The van der Waals surface area contributed by atoms with E-state index in [0.717, 1.165) is 11.0 Å². The molecule has 0 spiro atoms. The van der Waals surface area contributed by atoms with Gasteiger partial charge in [0, 0.05) is 26.2 Å². The number of urea groups is 1. The fourth-order valence-corrected chi connectivity index (χ4v) is 2.71. The van der Waals surface area contributed by atoms with Crippen molar-refractivity contribution in [2.75, 3.05) is 37.6 Å². The first kappa shape index (κ1) is 16.4. The second kappa shape index (κ2) is 6.58. The normalized spacial score (nSPS) is 16.3. The first-order valence-electron chi connectivity index (χ1n) is 7.71. The fourth-order valence-electron chi connectivity index (χ4n) is 2.71. The number of hydrogen-bond acceptors (Lipinski definition) is 3. The maximum atomic E-state index is 12.2. The quantitative estimate of drug-likeness (QED) is 0.881. The average Bonchev–Trinajstić information content (AvgIpc) is 2.81. The van der Waals surface area contributed by atoms with Gasteiger partial charge in [-0.15, -0.1) is 0 Å². The van der Waals surface area contributed by atoms with Gasteiger partial charge in [-0.3, -0.25) is 0 Å². The van der Waals surface area contributed by atoms with Crippen LogP contribution in [0.3, 0.4) is 0 Å². The van der Waals surface area contributed by atoms with E-state index in [1.165, 1.54) is 4.90 Å². The second-order valence-electron chi connectivity index (χ2n) is 5.68. The summed E-state index contributed by atoms with van der Waals surface area (Å²) in [5, 5.41) is 1.92. The molecule has 0 atom stereocenters. The molecule has 130 valence electrons. The van der Waals surface area contributed by atoms with E-state index in [1.54, 1.807) is 0 Å². The van der Waals surface area contributed by atoms with E-state index in [0.29, 0.717) is 38.5 Å². The van der Waals surface area contributed by atoms with Crippen molar-refractivity contribution >= 4 is 23.0 Å². The molecule has 9 heteroatoms. The Balaban J connectivity index is 1.61. The molecule has 24 heavy (non-hydrogen) atoms. The number of fused-ring (bicyclic) bond motifs is 1. The number of para-hydroxylation sites is 2. The molecule has 2 aromatic rings. The lowest BCUT2D eigenvalue weighted by atomic mass is 10.3. The molecule has 0 radical (unpaired) electrons. The number of aromatic amines is 1. The van der Waals surface area contributed by atoms with Gasteiger partial charge in [-0.1, -0.05) is 12.1 Å². The predicted molar refractivity (Wildman–Crippen MR) is 84.0 cm³/mol. The zero-order valence-electron chi connectivity index (χ0n) is 12.9. The van der Waals surface area contributed by atoms with Gasteiger partial charge in [0.15, 0.2) is 0 Å². The van der Waals surface area contributed by atoms with E-state index in [1.807, 2.05) is 34.5 Å². The monoisotopic (exact) mass is 341 g/mol. The second-order valence-corrected chi connectivity index (χ2v) is 5.68. The highest BCUT2D eigenvalue weighted by atomic mass is 19.4. The van der Waals surface area contributed by atoms with Crippen LogP contribution in [0.4, 0.5) is 23.9 Å². The Morgan fingerprint density at radius 3 is 2.75 bits per heavy atom. The number of alkyl halides is 3. The van der Waals surface area contributed by atoms with Crippen molar-refractivity contribution in [3.63, 3.8) is 0 Å². The lowest BCUT2D eigenvalue weighted by Gasteiger charge is -2.22. The van der Waals surface area contributed by atoms with Gasteiger partial charge in [0.05, 0.1) is 11.0 Å². The number of benzene rings is 1. The number of H-pyrrole nitrogens is 1. The first-order chi connectivity index (χ1) is 11.4. The standard InChI is InChI=1S/C15H18F3N5O/c16-15(17,18)10-19-14(24)23-7-3-6-22(8-9-23)13-20-11-4-1-2-5-12(11)21-13/h1-2,4-5H,3,6-10H2,(H,19,24)(H,20,21). The van der Waals surface area contributed by atoms with Crippen molar-refractivity contribution in [2.45, 2.75) is 12.6 Å². The van der Waals surface area contributed by atoms with Crippen LogP contribution in [-0.2, 0) is 0 Å². The van der Waals surface area contributed by atoms with E-state index >= 15 is 0 Å². The third-order valence-corrected chi connectivity index (χ3v) is 3.90. The van der Waals surface area contributed by atoms with E-state index < -0.39 is 18.8 Å². The van der Waals surface area contributed by atoms with E-state index in [-0.39, 0.29) is 0 Å². The maximum Gasteiger partial charge on any atom is 0.405 e. The van der Waals surface area contributed by atoms with Crippen molar-refractivity contribution in [3.05, 3.63) is 24.3 Å². The summed E-state index contributed by atoms with van der Waals surface area (Å²) in [6.45, 7) is 0.652. The highest BCUT2D eigenvalue weighted by Gasteiger charge is 2.29. The van der Waals surface area contributed by atoms with Crippen molar-refractivity contribution < 1.29 is 18.0 Å². The molecular formula is C15H18F3N5O. The number of hydrogen-bond donors (Lipinski definition) is 2. The van der Waals surface area contributed by atoms with Crippen LogP contribution in [0, 0.1) is 0 Å². The fraction of sp³-hybridized carbons (Fsp3) is 0.467. The lowest BCUT2D eigenvalue weighted by molar-refractivity contribution is -0.123. The molecule has 2 heterocycles. The van der Waals surface area contributed by atoms with Crippen LogP contribution in [0.15, 0.2) is 24.3 Å². The minimum Gasteiger partial charge on any atom is -0.341 e. The summed E-state index contributed by atoms with van der Waals surface area (Å²) in [5.41, 5.74) is 1.79. The van der Waals surface area contributed by atoms with Crippen LogP contribution in [0.25, 0.3) is 11.0 Å². The Kier molecular flexibility index (Phi) is 4.50.